The second-order valence-electron chi connectivity index (χ2n) is 4.05. The molecule has 0 heterocycles. The SMILES string of the molecule is CCc1cc(Br)c2c(c1)C(NCl)CCC2.S. The molecule has 1 nitrogen and oxygen atoms in total. The molecular formula is C12H17BrClNS. The number of benzene rings is 1. The maximum absolute atomic E-state index is 5.79. The molecule has 0 saturated carbocycles. The molecule has 1 aliphatic rings. The maximum Gasteiger partial charge on any atom is 0.0473 e. The fourth-order valence-corrected chi connectivity index (χ4v) is 3.19. The van der Waals surface area contributed by atoms with Gasteiger partial charge in [0.25, 0.3) is 0 Å². The van der Waals surface area contributed by atoms with Crippen LogP contribution in [-0.4, -0.2) is 0 Å². The summed E-state index contributed by atoms with van der Waals surface area (Å²) in [5.41, 5.74) is 4.18. The Kier molecular flexibility index (Phi) is 5.65. The summed E-state index contributed by atoms with van der Waals surface area (Å²) in [7, 11) is 0. The van der Waals surface area contributed by atoms with Gasteiger partial charge in [-0.2, -0.15) is 13.5 Å². The van der Waals surface area contributed by atoms with Crippen LogP contribution in [-0.2, 0) is 12.8 Å². The van der Waals surface area contributed by atoms with Gasteiger partial charge in [0.05, 0.1) is 0 Å². The van der Waals surface area contributed by atoms with E-state index < -0.39 is 0 Å². The molecule has 0 saturated heterocycles. The van der Waals surface area contributed by atoms with Crippen molar-refractivity contribution in [2.75, 3.05) is 0 Å². The summed E-state index contributed by atoms with van der Waals surface area (Å²) >= 11 is 9.45. The predicted octanol–water partition coefficient (Wildman–Crippen LogP) is 4.25. The van der Waals surface area contributed by atoms with E-state index in [2.05, 4.69) is 39.8 Å². The Hall–Kier alpha value is 0.300. The van der Waals surface area contributed by atoms with E-state index in [1.165, 1.54) is 27.6 Å². The van der Waals surface area contributed by atoms with E-state index in [0.29, 0.717) is 6.04 Å². The fraction of sp³-hybridized carbons (Fsp3) is 0.500. The minimum Gasteiger partial charge on any atom is -0.226 e. The third-order valence-electron chi connectivity index (χ3n) is 3.12. The van der Waals surface area contributed by atoms with E-state index in [1.807, 2.05) is 0 Å². The van der Waals surface area contributed by atoms with Crippen molar-refractivity contribution in [2.24, 2.45) is 0 Å². The molecule has 90 valence electrons. The minimum atomic E-state index is 0. The molecular weight excluding hydrogens is 306 g/mol. The van der Waals surface area contributed by atoms with Crippen LogP contribution >= 0.6 is 41.2 Å². The minimum absolute atomic E-state index is 0. The van der Waals surface area contributed by atoms with Gasteiger partial charge in [-0.05, 0) is 60.2 Å². The molecule has 0 fully saturated rings. The lowest BCUT2D eigenvalue weighted by Gasteiger charge is -2.25. The van der Waals surface area contributed by atoms with Crippen LogP contribution in [0.25, 0.3) is 0 Å². The zero-order valence-electron chi connectivity index (χ0n) is 9.32. The summed E-state index contributed by atoms with van der Waals surface area (Å²) in [5, 5.41) is 0. The highest BCUT2D eigenvalue weighted by Crippen LogP contribution is 2.35. The van der Waals surface area contributed by atoms with E-state index in [0.717, 1.165) is 19.3 Å². The van der Waals surface area contributed by atoms with E-state index in [4.69, 9.17) is 11.8 Å². The van der Waals surface area contributed by atoms with Gasteiger partial charge in [0, 0.05) is 10.5 Å². The highest BCUT2D eigenvalue weighted by molar-refractivity contribution is 9.10. The second-order valence-corrected chi connectivity index (χ2v) is 5.13. The lowest BCUT2D eigenvalue weighted by Crippen LogP contribution is -2.18. The Labute approximate surface area is 118 Å². The van der Waals surface area contributed by atoms with Gasteiger partial charge in [-0.1, -0.05) is 28.9 Å². The molecule has 0 radical (unpaired) electrons. The average Bonchev–Trinajstić information content (AvgIpc) is 2.28. The quantitative estimate of drug-likeness (QED) is 0.803. The third kappa shape index (κ3) is 2.76. The van der Waals surface area contributed by atoms with Crippen molar-refractivity contribution in [1.29, 1.82) is 0 Å². The van der Waals surface area contributed by atoms with Gasteiger partial charge in [0.1, 0.15) is 0 Å². The molecule has 2 rings (SSSR count). The van der Waals surface area contributed by atoms with Crippen molar-refractivity contribution in [3.8, 4) is 0 Å². The summed E-state index contributed by atoms with van der Waals surface area (Å²) in [6.45, 7) is 2.18. The van der Waals surface area contributed by atoms with Gasteiger partial charge in [-0.25, -0.2) is 4.84 Å². The standard InChI is InChI=1S/C12H15BrClN.H2S/c1-2-8-6-10-9(11(13)7-8)4-3-5-12(10)15-14;/h6-7,12,15H,2-5H2,1H3;1H2. The Morgan fingerprint density at radius 2 is 2.25 bits per heavy atom. The molecule has 1 aromatic rings. The number of aryl methyl sites for hydroxylation is 1. The molecule has 1 aromatic carbocycles. The van der Waals surface area contributed by atoms with Crippen LogP contribution in [0.4, 0.5) is 0 Å². The highest BCUT2D eigenvalue weighted by atomic mass is 79.9. The summed E-state index contributed by atoms with van der Waals surface area (Å²) in [6, 6.07) is 4.84. The van der Waals surface area contributed by atoms with Crippen LogP contribution in [0.3, 0.4) is 0 Å². The van der Waals surface area contributed by atoms with Crippen molar-refractivity contribution in [1.82, 2.24) is 4.84 Å². The van der Waals surface area contributed by atoms with Crippen molar-refractivity contribution in [3.05, 3.63) is 33.3 Å². The maximum atomic E-state index is 5.79. The van der Waals surface area contributed by atoms with Gasteiger partial charge in [0.2, 0.25) is 0 Å². The average molecular weight is 323 g/mol. The van der Waals surface area contributed by atoms with Crippen molar-refractivity contribution in [2.45, 2.75) is 38.6 Å². The van der Waals surface area contributed by atoms with Gasteiger partial charge in [-0.15, -0.1) is 0 Å². The van der Waals surface area contributed by atoms with Crippen LogP contribution in [0.1, 0.15) is 42.5 Å². The first-order valence-corrected chi connectivity index (χ1v) is 6.60. The monoisotopic (exact) mass is 321 g/mol. The lowest BCUT2D eigenvalue weighted by molar-refractivity contribution is 0.537. The van der Waals surface area contributed by atoms with Crippen LogP contribution in [0, 0.1) is 0 Å². The molecule has 1 aliphatic carbocycles. The van der Waals surface area contributed by atoms with Crippen molar-refractivity contribution in [3.63, 3.8) is 0 Å². The smallest absolute Gasteiger partial charge is 0.0473 e. The number of fused-ring (bicyclic) bond motifs is 1. The lowest BCUT2D eigenvalue weighted by atomic mass is 9.87. The van der Waals surface area contributed by atoms with Crippen LogP contribution in [0.2, 0.25) is 0 Å². The van der Waals surface area contributed by atoms with E-state index in [1.54, 1.807) is 0 Å². The molecule has 1 unspecified atom stereocenters. The zero-order valence-corrected chi connectivity index (χ0v) is 12.7. The summed E-state index contributed by atoms with van der Waals surface area (Å²) in [6.07, 6.45) is 4.58. The first-order valence-electron chi connectivity index (χ1n) is 5.43. The molecule has 0 aliphatic heterocycles. The molecule has 4 heteroatoms. The Balaban J connectivity index is 0.00000128. The van der Waals surface area contributed by atoms with Crippen LogP contribution in [0.5, 0.6) is 0 Å². The van der Waals surface area contributed by atoms with E-state index >= 15 is 0 Å². The Morgan fingerprint density at radius 1 is 1.50 bits per heavy atom. The second kappa shape index (κ2) is 6.29. The third-order valence-corrected chi connectivity index (χ3v) is 4.10. The number of hydrogen-bond donors (Lipinski definition) is 1. The van der Waals surface area contributed by atoms with Gasteiger partial charge >= 0.3 is 0 Å². The zero-order chi connectivity index (χ0) is 10.8. The van der Waals surface area contributed by atoms with E-state index in [-0.39, 0.29) is 13.5 Å². The van der Waals surface area contributed by atoms with Crippen LogP contribution < -0.4 is 4.84 Å². The number of halogens is 2. The molecule has 0 spiro atoms. The van der Waals surface area contributed by atoms with Gasteiger partial charge in [-0.3, -0.25) is 0 Å². The molecule has 0 bridgehead atoms. The Morgan fingerprint density at radius 3 is 2.88 bits per heavy atom. The summed E-state index contributed by atoms with van der Waals surface area (Å²) in [5.74, 6) is 0. The Bertz CT molecular complexity index is 370. The molecule has 1 atom stereocenters. The molecule has 0 aromatic heterocycles. The fourth-order valence-electron chi connectivity index (χ4n) is 2.25. The first-order chi connectivity index (χ1) is 7.26. The molecule has 0 amide bonds. The number of hydrogen-bond acceptors (Lipinski definition) is 1. The first kappa shape index (κ1) is 14.4. The largest absolute Gasteiger partial charge is 0.226 e. The van der Waals surface area contributed by atoms with Crippen molar-refractivity contribution >= 4 is 41.2 Å². The highest BCUT2D eigenvalue weighted by Gasteiger charge is 2.21. The molecule has 16 heavy (non-hydrogen) atoms. The predicted molar refractivity (Wildman–Crippen MR) is 78.6 cm³/mol. The topological polar surface area (TPSA) is 12.0 Å². The number of rotatable bonds is 2. The summed E-state index contributed by atoms with van der Waals surface area (Å²) in [4.78, 5) is 2.89. The van der Waals surface area contributed by atoms with Gasteiger partial charge in [0.15, 0.2) is 0 Å². The van der Waals surface area contributed by atoms with E-state index in [9.17, 15) is 0 Å². The van der Waals surface area contributed by atoms with Crippen LogP contribution in [0.15, 0.2) is 16.6 Å². The normalized spacial score (nSPS) is 18.8. The summed E-state index contributed by atoms with van der Waals surface area (Å²) < 4.78 is 1.24. The molecule has 1 N–H and O–H groups in total. The van der Waals surface area contributed by atoms with Crippen molar-refractivity contribution < 1.29 is 0 Å². The van der Waals surface area contributed by atoms with Gasteiger partial charge < -0.3 is 0 Å². The number of nitrogens with one attached hydrogen (secondary N) is 1.